The lowest BCUT2D eigenvalue weighted by atomic mass is 9.88. The van der Waals surface area contributed by atoms with E-state index < -0.39 is 5.91 Å². The third kappa shape index (κ3) is 2.94. The first kappa shape index (κ1) is 12.7. The van der Waals surface area contributed by atoms with Gasteiger partial charge in [0.15, 0.2) is 0 Å². The van der Waals surface area contributed by atoms with Crippen molar-refractivity contribution >= 4 is 11.6 Å². The van der Waals surface area contributed by atoms with E-state index in [0.29, 0.717) is 22.9 Å². The Hall–Kier alpha value is -1.71. The Kier molecular flexibility index (Phi) is 3.75. The number of hydrogen-bond donors (Lipinski definition) is 2. The van der Waals surface area contributed by atoms with Crippen molar-refractivity contribution < 1.29 is 9.53 Å². The maximum atomic E-state index is 11.3. The molecule has 1 aliphatic rings. The first-order valence-electron chi connectivity index (χ1n) is 6.42. The number of benzene rings is 1. The zero-order valence-electron chi connectivity index (χ0n) is 10.7. The zero-order chi connectivity index (χ0) is 13.1. The van der Waals surface area contributed by atoms with E-state index in [1.54, 1.807) is 18.2 Å². The fourth-order valence-electron chi connectivity index (χ4n) is 2.51. The maximum Gasteiger partial charge on any atom is 0.252 e. The van der Waals surface area contributed by atoms with Gasteiger partial charge in [0.05, 0.1) is 11.7 Å². The Labute approximate surface area is 107 Å². The molecule has 1 amide bonds. The van der Waals surface area contributed by atoms with Gasteiger partial charge in [0.2, 0.25) is 0 Å². The summed E-state index contributed by atoms with van der Waals surface area (Å²) in [5, 5.41) is 0. The molecule has 1 aromatic carbocycles. The number of anilines is 1. The summed E-state index contributed by atoms with van der Waals surface area (Å²) < 4.78 is 5.92. The number of amides is 1. The summed E-state index contributed by atoms with van der Waals surface area (Å²) >= 11 is 0. The Bertz CT molecular complexity index is 445. The molecule has 2 atom stereocenters. The predicted molar refractivity (Wildman–Crippen MR) is 71.4 cm³/mol. The molecule has 0 radical (unpaired) electrons. The molecule has 0 saturated heterocycles. The summed E-state index contributed by atoms with van der Waals surface area (Å²) in [6, 6.07) is 4.97. The average molecular weight is 248 g/mol. The van der Waals surface area contributed by atoms with Crippen LogP contribution < -0.4 is 16.2 Å². The van der Waals surface area contributed by atoms with Crippen LogP contribution >= 0.6 is 0 Å². The number of hydrogen-bond acceptors (Lipinski definition) is 3. The summed E-state index contributed by atoms with van der Waals surface area (Å²) in [5.41, 5.74) is 12.1. The minimum Gasteiger partial charge on any atom is -0.490 e. The molecule has 2 rings (SSSR count). The molecule has 4 N–H and O–H groups in total. The maximum absolute atomic E-state index is 11.3. The van der Waals surface area contributed by atoms with E-state index in [0.717, 1.165) is 12.8 Å². The van der Waals surface area contributed by atoms with Crippen molar-refractivity contribution in [2.24, 2.45) is 11.7 Å². The SMILES string of the molecule is CC1CCCC(Oc2cc(N)ccc2C(N)=O)C1. The molecule has 4 nitrogen and oxygen atoms in total. The quantitative estimate of drug-likeness (QED) is 0.806. The van der Waals surface area contributed by atoms with E-state index in [-0.39, 0.29) is 6.10 Å². The van der Waals surface area contributed by atoms with E-state index >= 15 is 0 Å². The van der Waals surface area contributed by atoms with E-state index in [1.165, 1.54) is 12.8 Å². The molecule has 4 heteroatoms. The fraction of sp³-hybridized carbons (Fsp3) is 0.500. The summed E-state index contributed by atoms with van der Waals surface area (Å²) in [6.07, 6.45) is 4.62. The van der Waals surface area contributed by atoms with Gasteiger partial charge in [-0.2, -0.15) is 0 Å². The molecule has 0 aromatic heterocycles. The molecule has 1 fully saturated rings. The van der Waals surface area contributed by atoms with Crippen LogP contribution in [0.1, 0.15) is 43.0 Å². The Balaban J connectivity index is 2.16. The van der Waals surface area contributed by atoms with Gasteiger partial charge in [0, 0.05) is 11.8 Å². The smallest absolute Gasteiger partial charge is 0.252 e. The van der Waals surface area contributed by atoms with Gasteiger partial charge in [-0.1, -0.05) is 13.3 Å². The molecular weight excluding hydrogens is 228 g/mol. The van der Waals surface area contributed by atoms with Crippen molar-refractivity contribution in [1.82, 2.24) is 0 Å². The lowest BCUT2D eigenvalue weighted by Crippen LogP contribution is -2.25. The second-order valence-corrected chi connectivity index (χ2v) is 5.13. The van der Waals surface area contributed by atoms with E-state index in [2.05, 4.69) is 6.92 Å². The van der Waals surface area contributed by atoms with Crippen LogP contribution in [0.15, 0.2) is 18.2 Å². The number of carbonyl (C=O) groups is 1. The number of carbonyl (C=O) groups excluding carboxylic acids is 1. The Morgan fingerprint density at radius 2 is 2.17 bits per heavy atom. The number of rotatable bonds is 3. The van der Waals surface area contributed by atoms with E-state index in [4.69, 9.17) is 16.2 Å². The topological polar surface area (TPSA) is 78.3 Å². The van der Waals surface area contributed by atoms with Gasteiger partial charge in [-0.05, 0) is 37.3 Å². The first-order valence-corrected chi connectivity index (χ1v) is 6.42. The third-order valence-electron chi connectivity index (χ3n) is 3.45. The van der Waals surface area contributed by atoms with Crippen LogP contribution in [0.3, 0.4) is 0 Å². The number of primary amides is 1. The van der Waals surface area contributed by atoms with Crippen LogP contribution in [0.25, 0.3) is 0 Å². The third-order valence-corrected chi connectivity index (χ3v) is 3.45. The molecule has 0 bridgehead atoms. The summed E-state index contributed by atoms with van der Waals surface area (Å²) in [5.74, 6) is 0.706. The van der Waals surface area contributed by atoms with Crippen LogP contribution in [0.2, 0.25) is 0 Å². The highest BCUT2D eigenvalue weighted by Gasteiger charge is 2.22. The molecule has 1 aromatic rings. The van der Waals surface area contributed by atoms with Gasteiger partial charge in [-0.3, -0.25) is 4.79 Å². The van der Waals surface area contributed by atoms with E-state index in [1.807, 2.05) is 0 Å². The monoisotopic (exact) mass is 248 g/mol. The highest BCUT2D eigenvalue weighted by atomic mass is 16.5. The Morgan fingerprint density at radius 1 is 1.39 bits per heavy atom. The van der Waals surface area contributed by atoms with Gasteiger partial charge in [0.1, 0.15) is 5.75 Å². The lowest BCUT2D eigenvalue weighted by molar-refractivity contribution is 0.0981. The molecule has 2 unspecified atom stereocenters. The Morgan fingerprint density at radius 3 is 2.83 bits per heavy atom. The molecular formula is C14H20N2O2. The van der Waals surface area contributed by atoms with Gasteiger partial charge < -0.3 is 16.2 Å². The minimum absolute atomic E-state index is 0.161. The van der Waals surface area contributed by atoms with Gasteiger partial charge >= 0.3 is 0 Å². The summed E-state index contributed by atoms with van der Waals surface area (Å²) in [7, 11) is 0. The first-order chi connectivity index (χ1) is 8.56. The fourth-order valence-corrected chi connectivity index (χ4v) is 2.51. The summed E-state index contributed by atoms with van der Waals surface area (Å²) in [4.78, 5) is 11.3. The molecule has 0 heterocycles. The molecule has 0 aliphatic heterocycles. The highest BCUT2D eigenvalue weighted by Crippen LogP contribution is 2.29. The van der Waals surface area contributed by atoms with Gasteiger partial charge in [-0.15, -0.1) is 0 Å². The predicted octanol–water partition coefficient (Wildman–Crippen LogP) is 2.33. The van der Waals surface area contributed by atoms with Crippen LogP contribution in [-0.4, -0.2) is 12.0 Å². The van der Waals surface area contributed by atoms with Gasteiger partial charge in [0.25, 0.3) is 5.91 Å². The van der Waals surface area contributed by atoms with Crippen molar-refractivity contribution in [3.63, 3.8) is 0 Å². The molecule has 0 spiro atoms. The zero-order valence-corrected chi connectivity index (χ0v) is 10.7. The van der Waals surface area contributed by atoms with Crippen molar-refractivity contribution in [3.05, 3.63) is 23.8 Å². The minimum atomic E-state index is -0.478. The van der Waals surface area contributed by atoms with E-state index in [9.17, 15) is 4.79 Å². The van der Waals surface area contributed by atoms with Crippen LogP contribution in [0.5, 0.6) is 5.75 Å². The molecule has 98 valence electrons. The normalized spacial score (nSPS) is 23.6. The number of nitrogens with two attached hydrogens (primary N) is 2. The molecule has 1 saturated carbocycles. The van der Waals surface area contributed by atoms with Crippen molar-refractivity contribution in [2.75, 3.05) is 5.73 Å². The lowest BCUT2D eigenvalue weighted by Gasteiger charge is -2.28. The van der Waals surface area contributed by atoms with Crippen LogP contribution in [0, 0.1) is 5.92 Å². The molecule has 1 aliphatic carbocycles. The average Bonchev–Trinajstić information content (AvgIpc) is 2.28. The molecule has 18 heavy (non-hydrogen) atoms. The van der Waals surface area contributed by atoms with Crippen molar-refractivity contribution in [3.8, 4) is 5.75 Å². The van der Waals surface area contributed by atoms with Gasteiger partial charge in [-0.25, -0.2) is 0 Å². The van der Waals surface area contributed by atoms with Crippen molar-refractivity contribution in [1.29, 1.82) is 0 Å². The largest absolute Gasteiger partial charge is 0.490 e. The van der Waals surface area contributed by atoms with Crippen LogP contribution in [0.4, 0.5) is 5.69 Å². The van der Waals surface area contributed by atoms with Crippen molar-refractivity contribution in [2.45, 2.75) is 38.7 Å². The standard InChI is InChI=1S/C14H20N2O2/c1-9-3-2-4-11(7-9)18-13-8-10(15)5-6-12(13)14(16)17/h5-6,8-9,11H,2-4,7,15H2,1H3,(H2,16,17). The number of ether oxygens (including phenoxy) is 1. The summed E-state index contributed by atoms with van der Waals surface area (Å²) in [6.45, 7) is 2.23. The van der Waals surface area contributed by atoms with Crippen LogP contribution in [-0.2, 0) is 0 Å². The second-order valence-electron chi connectivity index (χ2n) is 5.13. The number of nitrogen functional groups attached to an aromatic ring is 1. The second kappa shape index (κ2) is 5.29. The highest BCUT2D eigenvalue weighted by molar-refractivity contribution is 5.96.